The lowest BCUT2D eigenvalue weighted by molar-refractivity contribution is 0.164. The molecule has 0 heterocycles. The van der Waals surface area contributed by atoms with E-state index in [1.807, 2.05) is 12.1 Å². The fraction of sp³-hybridized carbons (Fsp3) is 0.500. The summed E-state index contributed by atoms with van der Waals surface area (Å²) in [6.07, 6.45) is 0. The predicted molar refractivity (Wildman–Crippen MR) is 75.2 cm³/mol. The third-order valence-corrected chi connectivity index (χ3v) is 3.11. The molecule has 0 fully saturated rings. The Bertz CT molecular complexity index is 374. The molecule has 1 N–H and O–H groups in total. The number of benzene rings is 1. The Morgan fingerprint density at radius 1 is 1.41 bits per heavy atom. The van der Waals surface area contributed by atoms with Crippen LogP contribution in [-0.4, -0.2) is 27.4 Å². The number of hydrogen-bond donors (Lipinski definition) is 1. The molecule has 0 saturated heterocycles. The molecule has 0 aliphatic rings. The van der Waals surface area contributed by atoms with Crippen molar-refractivity contribution >= 4 is 33.2 Å². The minimum Gasteiger partial charge on any atom is -0.493 e. The topological polar surface area (TPSA) is 30.5 Å². The first-order valence-electron chi connectivity index (χ1n) is 5.34. The maximum Gasteiger partial charge on any atom is 0.156 e. The lowest BCUT2D eigenvalue weighted by Gasteiger charge is -2.16. The van der Waals surface area contributed by atoms with Crippen LogP contribution in [0.2, 0.25) is 5.02 Å². The lowest BCUT2D eigenvalue weighted by Crippen LogP contribution is -2.16. The molecule has 0 amide bonds. The zero-order chi connectivity index (χ0) is 12.8. The first-order chi connectivity index (χ1) is 8.08. The van der Waals surface area contributed by atoms with Crippen molar-refractivity contribution in [3.8, 4) is 5.75 Å². The third kappa shape index (κ3) is 4.37. The molecular formula is C12H17BrClNO2. The van der Waals surface area contributed by atoms with Gasteiger partial charge in [-0.3, -0.25) is 0 Å². The van der Waals surface area contributed by atoms with E-state index in [9.17, 15) is 0 Å². The maximum absolute atomic E-state index is 6.01. The number of methoxy groups -OCH3 is 2. The zero-order valence-electron chi connectivity index (χ0n) is 10.2. The molecule has 1 atom stereocenters. The molecule has 17 heavy (non-hydrogen) atoms. The van der Waals surface area contributed by atoms with Gasteiger partial charge in [0.15, 0.2) is 5.75 Å². The Morgan fingerprint density at radius 3 is 2.71 bits per heavy atom. The van der Waals surface area contributed by atoms with Gasteiger partial charge in [-0.1, -0.05) is 18.5 Å². The van der Waals surface area contributed by atoms with Gasteiger partial charge in [0, 0.05) is 18.7 Å². The van der Waals surface area contributed by atoms with Gasteiger partial charge >= 0.3 is 0 Å². The van der Waals surface area contributed by atoms with E-state index in [4.69, 9.17) is 21.1 Å². The quantitative estimate of drug-likeness (QED) is 0.864. The molecule has 0 aliphatic heterocycles. The number of hydrogen-bond acceptors (Lipinski definition) is 3. The molecule has 0 aliphatic carbocycles. The highest BCUT2D eigenvalue weighted by Gasteiger charge is 2.10. The van der Waals surface area contributed by atoms with Gasteiger partial charge in [0.1, 0.15) is 0 Å². The van der Waals surface area contributed by atoms with Crippen LogP contribution in [0.25, 0.3) is 0 Å². The summed E-state index contributed by atoms with van der Waals surface area (Å²) in [5.41, 5.74) is 0.884. The van der Waals surface area contributed by atoms with Gasteiger partial charge in [-0.15, -0.1) is 0 Å². The summed E-state index contributed by atoms with van der Waals surface area (Å²) in [6.45, 7) is 3.64. The van der Waals surface area contributed by atoms with Crippen molar-refractivity contribution in [1.82, 2.24) is 0 Å². The summed E-state index contributed by atoms with van der Waals surface area (Å²) in [4.78, 5) is 0. The molecule has 0 spiro atoms. The normalized spacial score (nSPS) is 12.3. The van der Waals surface area contributed by atoms with Gasteiger partial charge < -0.3 is 14.8 Å². The van der Waals surface area contributed by atoms with Crippen LogP contribution in [0, 0.1) is 5.92 Å². The molecule has 5 heteroatoms. The van der Waals surface area contributed by atoms with Gasteiger partial charge in [-0.2, -0.15) is 0 Å². The second-order valence-corrected chi connectivity index (χ2v) is 5.20. The predicted octanol–water partition coefficient (Wildman–Crippen LogP) is 3.81. The van der Waals surface area contributed by atoms with E-state index in [1.54, 1.807) is 14.2 Å². The fourth-order valence-corrected chi connectivity index (χ4v) is 2.50. The maximum atomic E-state index is 6.01. The molecule has 0 saturated carbocycles. The van der Waals surface area contributed by atoms with E-state index in [1.165, 1.54) is 0 Å². The number of halogens is 2. The number of ether oxygens (including phenoxy) is 2. The van der Waals surface area contributed by atoms with Crippen LogP contribution < -0.4 is 10.1 Å². The molecule has 0 radical (unpaired) electrons. The van der Waals surface area contributed by atoms with Crippen molar-refractivity contribution in [1.29, 1.82) is 0 Å². The number of rotatable bonds is 6. The van der Waals surface area contributed by atoms with E-state index >= 15 is 0 Å². The van der Waals surface area contributed by atoms with Crippen molar-refractivity contribution in [2.75, 3.05) is 32.7 Å². The van der Waals surface area contributed by atoms with Gasteiger partial charge in [0.05, 0.1) is 23.9 Å². The van der Waals surface area contributed by atoms with E-state index in [0.29, 0.717) is 10.9 Å². The summed E-state index contributed by atoms with van der Waals surface area (Å²) in [6, 6.07) is 3.66. The average molecular weight is 323 g/mol. The minimum absolute atomic E-state index is 0.419. The first-order valence-corrected chi connectivity index (χ1v) is 6.51. The first kappa shape index (κ1) is 14.6. The Balaban J connectivity index is 2.75. The van der Waals surface area contributed by atoms with E-state index < -0.39 is 0 Å². The van der Waals surface area contributed by atoms with E-state index in [2.05, 4.69) is 28.2 Å². The van der Waals surface area contributed by atoms with Gasteiger partial charge in [-0.25, -0.2) is 0 Å². The van der Waals surface area contributed by atoms with Crippen molar-refractivity contribution in [3.63, 3.8) is 0 Å². The van der Waals surface area contributed by atoms with Gasteiger partial charge in [0.2, 0.25) is 0 Å². The number of nitrogens with one attached hydrogen (secondary N) is 1. The molecule has 0 bridgehead atoms. The molecule has 1 unspecified atom stereocenters. The van der Waals surface area contributed by atoms with Crippen molar-refractivity contribution < 1.29 is 9.47 Å². The fourth-order valence-electron chi connectivity index (χ4n) is 1.53. The van der Waals surface area contributed by atoms with Gasteiger partial charge in [-0.05, 0) is 34.0 Å². The van der Waals surface area contributed by atoms with Crippen LogP contribution in [0.4, 0.5) is 5.69 Å². The molecule has 1 aromatic rings. The zero-order valence-corrected chi connectivity index (χ0v) is 12.6. The Hall–Kier alpha value is -0.450. The number of anilines is 1. The second-order valence-electron chi connectivity index (χ2n) is 3.91. The van der Waals surface area contributed by atoms with Crippen LogP contribution in [-0.2, 0) is 4.74 Å². The van der Waals surface area contributed by atoms with Crippen LogP contribution in [0.1, 0.15) is 6.92 Å². The molecule has 1 aromatic carbocycles. The van der Waals surface area contributed by atoms with Crippen LogP contribution >= 0.6 is 27.5 Å². The molecular weight excluding hydrogens is 305 g/mol. The van der Waals surface area contributed by atoms with Crippen LogP contribution in [0.3, 0.4) is 0 Å². The Morgan fingerprint density at radius 2 is 2.12 bits per heavy atom. The highest BCUT2D eigenvalue weighted by molar-refractivity contribution is 9.10. The summed E-state index contributed by atoms with van der Waals surface area (Å²) < 4.78 is 11.3. The largest absolute Gasteiger partial charge is 0.493 e. The lowest BCUT2D eigenvalue weighted by atomic mass is 10.2. The Kier molecular flexibility index (Phi) is 6.09. The molecule has 1 rings (SSSR count). The third-order valence-electron chi connectivity index (χ3n) is 2.30. The summed E-state index contributed by atoms with van der Waals surface area (Å²) in [7, 11) is 3.34. The SMILES string of the molecule is COCC(C)CNc1cc(Cl)cc(Br)c1OC. The second kappa shape index (κ2) is 7.09. The van der Waals surface area contributed by atoms with E-state index in [-0.39, 0.29) is 0 Å². The van der Waals surface area contributed by atoms with Crippen molar-refractivity contribution in [2.24, 2.45) is 5.92 Å². The van der Waals surface area contributed by atoms with Crippen LogP contribution in [0.15, 0.2) is 16.6 Å². The average Bonchev–Trinajstić information content (AvgIpc) is 2.26. The monoisotopic (exact) mass is 321 g/mol. The molecule has 96 valence electrons. The molecule has 0 aromatic heterocycles. The highest BCUT2D eigenvalue weighted by atomic mass is 79.9. The summed E-state index contributed by atoms with van der Waals surface area (Å²) >= 11 is 9.43. The smallest absolute Gasteiger partial charge is 0.156 e. The standard InChI is InChI=1S/C12H17BrClNO2/c1-8(7-16-2)6-15-11-5-9(14)4-10(13)12(11)17-3/h4-5,8,15H,6-7H2,1-3H3. The summed E-state index contributed by atoms with van der Waals surface area (Å²) in [5.74, 6) is 1.18. The van der Waals surface area contributed by atoms with Crippen LogP contribution in [0.5, 0.6) is 5.75 Å². The van der Waals surface area contributed by atoms with E-state index in [0.717, 1.165) is 29.1 Å². The summed E-state index contributed by atoms with van der Waals surface area (Å²) in [5, 5.41) is 3.98. The van der Waals surface area contributed by atoms with Crippen molar-refractivity contribution in [3.05, 3.63) is 21.6 Å². The van der Waals surface area contributed by atoms with Gasteiger partial charge in [0.25, 0.3) is 0 Å². The van der Waals surface area contributed by atoms with Crippen molar-refractivity contribution in [2.45, 2.75) is 6.92 Å². The highest BCUT2D eigenvalue weighted by Crippen LogP contribution is 2.36. The Labute approximate surface area is 116 Å². The molecule has 3 nitrogen and oxygen atoms in total. The minimum atomic E-state index is 0.419.